The molecule has 6 nitrogen and oxygen atoms in total. The summed E-state index contributed by atoms with van der Waals surface area (Å²) in [6.45, 7) is 0.888. The highest BCUT2D eigenvalue weighted by Crippen LogP contribution is 2.31. The molecular weight excluding hydrogens is 328 g/mol. The molecule has 0 saturated carbocycles. The van der Waals surface area contributed by atoms with Crippen LogP contribution < -0.4 is 10.9 Å². The molecule has 0 radical (unpaired) electrons. The summed E-state index contributed by atoms with van der Waals surface area (Å²) >= 11 is 5.96. The van der Waals surface area contributed by atoms with Gasteiger partial charge in [0.25, 0.3) is 11.5 Å². The number of rotatable bonds is 3. The average molecular weight is 347 g/mol. The van der Waals surface area contributed by atoms with Gasteiger partial charge >= 0.3 is 0 Å². The second-order valence-corrected chi connectivity index (χ2v) is 6.46. The molecule has 0 bridgehead atoms. The fourth-order valence-corrected chi connectivity index (χ4v) is 3.24. The number of hydrogen-bond acceptors (Lipinski definition) is 4. The molecule has 1 amide bonds. The first-order valence-corrected chi connectivity index (χ1v) is 8.14. The van der Waals surface area contributed by atoms with E-state index >= 15 is 0 Å². The van der Waals surface area contributed by atoms with Crippen LogP contribution in [0.2, 0.25) is 5.02 Å². The highest BCUT2D eigenvalue weighted by molar-refractivity contribution is 6.30. The van der Waals surface area contributed by atoms with Crippen molar-refractivity contribution in [1.29, 1.82) is 0 Å². The molecule has 1 aromatic heterocycles. The maximum absolute atomic E-state index is 12.5. The smallest absolute Gasteiger partial charge is 0.272 e. The zero-order valence-electron chi connectivity index (χ0n) is 13.6. The number of aryl methyl sites for hydroxylation is 1. The maximum atomic E-state index is 12.5. The van der Waals surface area contributed by atoms with E-state index in [0.717, 1.165) is 23.2 Å². The molecule has 1 aliphatic heterocycles. The second-order valence-electron chi connectivity index (χ2n) is 6.03. The minimum absolute atomic E-state index is 0.0253. The number of hydrogen-bond donors (Lipinski definition) is 1. The Morgan fingerprint density at radius 1 is 1.21 bits per heavy atom. The standard InChI is InChI=1S/C17H19ClN4O2/c1-21-10-9-13(16(21)11-3-5-12(18)6-4-11)19-17(24)14-7-8-15(23)22(2)20-14/h3-8,13,16H,9-10H2,1-2H3,(H,19,24). The van der Waals surface area contributed by atoms with Crippen molar-refractivity contribution < 1.29 is 4.79 Å². The van der Waals surface area contributed by atoms with Gasteiger partial charge in [-0.3, -0.25) is 14.5 Å². The van der Waals surface area contributed by atoms with Crippen molar-refractivity contribution >= 4 is 17.5 Å². The molecule has 2 aromatic rings. The number of aromatic nitrogens is 2. The number of halogens is 1. The van der Waals surface area contributed by atoms with Gasteiger partial charge in [-0.15, -0.1) is 0 Å². The van der Waals surface area contributed by atoms with Crippen molar-refractivity contribution in [3.8, 4) is 0 Å². The Hall–Kier alpha value is -2.18. The fraction of sp³-hybridized carbons (Fsp3) is 0.353. The Kier molecular flexibility index (Phi) is 4.69. The van der Waals surface area contributed by atoms with E-state index < -0.39 is 0 Å². The first kappa shape index (κ1) is 16.7. The summed E-state index contributed by atoms with van der Waals surface area (Å²) in [5.74, 6) is -0.273. The third-order valence-corrected chi connectivity index (χ3v) is 4.62. The van der Waals surface area contributed by atoms with Gasteiger partial charge in [-0.1, -0.05) is 23.7 Å². The van der Waals surface area contributed by atoms with Crippen LogP contribution in [0.1, 0.15) is 28.5 Å². The van der Waals surface area contributed by atoms with Crippen LogP contribution in [0, 0.1) is 0 Å². The van der Waals surface area contributed by atoms with E-state index in [4.69, 9.17) is 11.6 Å². The predicted molar refractivity (Wildman–Crippen MR) is 92.2 cm³/mol. The molecule has 126 valence electrons. The summed E-state index contributed by atoms with van der Waals surface area (Å²) in [4.78, 5) is 26.1. The van der Waals surface area contributed by atoms with Gasteiger partial charge in [-0.25, -0.2) is 4.68 Å². The van der Waals surface area contributed by atoms with Crippen LogP contribution in [0.15, 0.2) is 41.2 Å². The lowest BCUT2D eigenvalue weighted by Crippen LogP contribution is -2.40. The molecule has 3 rings (SSSR count). The first-order chi connectivity index (χ1) is 11.5. The topological polar surface area (TPSA) is 67.2 Å². The molecule has 0 spiro atoms. The number of nitrogens with zero attached hydrogens (tertiary/aromatic N) is 3. The highest BCUT2D eigenvalue weighted by Gasteiger charge is 2.34. The van der Waals surface area contributed by atoms with Gasteiger partial charge in [-0.2, -0.15) is 5.10 Å². The van der Waals surface area contributed by atoms with Crippen LogP contribution in [0.4, 0.5) is 0 Å². The van der Waals surface area contributed by atoms with Gasteiger partial charge in [0.2, 0.25) is 0 Å². The Morgan fingerprint density at radius 3 is 2.58 bits per heavy atom. The summed E-state index contributed by atoms with van der Waals surface area (Å²) in [6, 6.07) is 10.5. The third-order valence-electron chi connectivity index (χ3n) is 4.37. The third kappa shape index (κ3) is 3.34. The van der Waals surface area contributed by atoms with Crippen molar-refractivity contribution in [3.63, 3.8) is 0 Å². The van der Waals surface area contributed by atoms with Gasteiger partial charge in [-0.05, 0) is 37.2 Å². The van der Waals surface area contributed by atoms with Crippen molar-refractivity contribution in [2.24, 2.45) is 7.05 Å². The van der Waals surface area contributed by atoms with E-state index in [-0.39, 0.29) is 29.2 Å². The minimum Gasteiger partial charge on any atom is -0.346 e. The number of amides is 1. The summed E-state index contributed by atoms with van der Waals surface area (Å²) in [7, 11) is 3.56. The average Bonchev–Trinajstić information content (AvgIpc) is 2.91. The van der Waals surface area contributed by atoms with Crippen LogP contribution >= 0.6 is 11.6 Å². The van der Waals surface area contributed by atoms with E-state index in [1.54, 1.807) is 0 Å². The normalized spacial score (nSPS) is 21.0. The molecule has 2 atom stereocenters. The largest absolute Gasteiger partial charge is 0.346 e. The second kappa shape index (κ2) is 6.75. The summed E-state index contributed by atoms with van der Waals surface area (Å²) in [5, 5.41) is 7.74. The fourth-order valence-electron chi connectivity index (χ4n) is 3.11. The quantitative estimate of drug-likeness (QED) is 0.917. The van der Waals surface area contributed by atoms with Gasteiger partial charge < -0.3 is 5.32 Å². The number of carbonyl (C=O) groups excluding carboxylic acids is 1. The van der Waals surface area contributed by atoms with E-state index in [1.807, 2.05) is 31.3 Å². The number of carbonyl (C=O) groups is 1. The number of nitrogens with one attached hydrogen (secondary N) is 1. The lowest BCUT2D eigenvalue weighted by Gasteiger charge is -2.26. The van der Waals surface area contributed by atoms with Crippen molar-refractivity contribution in [2.75, 3.05) is 13.6 Å². The number of likely N-dealkylation sites (N-methyl/N-ethyl adjacent to an activating group) is 1. The molecule has 1 fully saturated rings. The lowest BCUT2D eigenvalue weighted by atomic mass is 10.00. The maximum Gasteiger partial charge on any atom is 0.272 e. The molecule has 1 aromatic carbocycles. The van der Waals surface area contributed by atoms with E-state index in [0.29, 0.717) is 5.02 Å². The van der Waals surface area contributed by atoms with E-state index in [2.05, 4.69) is 15.3 Å². The van der Waals surface area contributed by atoms with Gasteiger partial charge in [0.15, 0.2) is 0 Å². The monoisotopic (exact) mass is 346 g/mol. The zero-order chi connectivity index (χ0) is 17.3. The molecule has 7 heteroatoms. The van der Waals surface area contributed by atoms with Crippen LogP contribution in [0.3, 0.4) is 0 Å². The molecular formula is C17H19ClN4O2. The minimum atomic E-state index is -0.273. The first-order valence-electron chi connectivity index (χ1n) is 7.76. The van der Waals surface area contributed by atoms with Crippen molar-refractivity contribution in [2.45, 2.75) is 18.5 Å². The predicted octanol–water partition coefficient (Wildman–Crippen LogP) is 1.61. The Bertz CT molecular complexity index is 803. The molecule has 24 heavy (non-hydrogen) atoms. The van der Waals surface area contributed by atoms with Crippen LogP contribution in [-0.2, 0) is 7.05 Å². The van der Waals surface area contributed by atoms with Gasteiger partial charge in [0.1, 0.15) is 5.69 Å². The Labute approximate surface area is 145 Å². The molecule has 0 aliphatic carbocycles. The molecule has 2 unspecified atom stereocenters. The summed E-state index contributed by atoms with van der Waals surface area (Å²) in [5.41, 5.74) is 1.10. The van der Waals surface area contributed by atoms with Crippen LogP contribution in [-0.4, -0.2) is 40.2 Å². The van der Waals surface area contributed by atoms with Crippen LogP contribution in [0.25, 0.3) is 0 Å². The number of benzene rings is 1. The SMILES string of the molecule is CN1CCC(NC(=O)c2ccc(=O)n(C)n2)C1c1ccc(Cl)cc1. The lowest BCUT2D eigenvalue weighted by molar-refractivity contribution is 0.0920. The van der Waals surface area contributed by atoms with Crippen molar-refractivity contribution in [1.82, 2.24) is 20.0 Å². The zero-order valence-corrected chi connectivity index (χ0v) is 14.3. The van der Waals surface area contributed by atoms with E-state index in [9.17, 15) is 9.59 Å². The van der Waals surface area contributed by atoms with Crippen molar-refractivity contribution in [3.05, 3.63) is 63.0 Å². The van der Waals surface area contributed by atoms with Gasteiger partial charge in [0, 0.05) is 24.7 Å². The Morgan fingerprint density at radius 2 is 1.92 bits per heavy atom. The molecule has 2 heterocycles. The van der Waals surface area contributed by atoms with Gasteiger partial charge in [0.05, 0.1) is 12.1 Å². The molecule has 1 saturated heterocycles. The summed E-state index contributed by atoms with van der Waals surface area (Å²) in [6.07, 6.45) is 0.849. The molecule has 1 aliphatic rings. The number of likely N-dealkylation sites (tertiary alicyclic amines) is 1. The Balaban J connectivity index is 1.80. The summed E-state index contributed by atoms with van der Waals surface area (Å²) < 4.78 is 1.16. The van der Waals surface area contributed by atoms with E-state index in [1.165, 1.54) is 19.2 Å². The highest BCUT2D eigenvalue weighted by atomic mass is 35.5. The molecule has 1 N–H and O–H groups in total. The van der Waals surface area contributed by atoms with Crippen LogP contribution in [0.5, 0.6) is 0 Å².